The van der Waals surface area contributed by atoms with E-state index in [-0.39, 0.29) is 42.0 Å². The molecule has 13 nitrogen and oxygen atoms in total. The number of fused-ring (bicyclic) bond motifs is 2. The van der Waals surface area contributed by atoms with E-state index in [9.17, 15) is 37.1 Å². The maximum atomic E-state index is 13.9. The molecule has 0 aromatic carbocycles. The van der Waals surface area contributed by atoms with Crippen LogP contribution < -0.4 is 21.9 Å². The zero-order valence-corrected chi connectivity index (χ0v) is 28.9. The lowest BCUT2D eigenvalue weighted by Gasteiger charge is -2.38. The summed E-state index contributed by atoms with van der Waals surface area (Å²) in [6, 6.07) is -2.37. The van der Waals surface area contributed by atoms with E-state index in [2.05, 4.69) is 29.9 Å². The number of nitrogens with zero attached hydrogens (tertiary/aromatic N) is 4. The number of alkyl halides is 3. The number of piperidine rings is 1. The number of hydrogen-bond donors (Lipinski definition) is 3. The topological polar surface area (TPSA) is 170 Å². The summed E-state index contributed by atoms with van der Waals surface area (Å²) < 4.78 is 48.1. The predicted molar refractivity (Wildman–Crippen MR) is 167 cm³/mol. The Morgan fingerprint density at radius 1 is 1.13 bits per heavy atom. The fourth-order valence-electron chi connectivity index (χ4n) is 6.20. The SMILES string of the molecule is CC(C)(C)[C@H](NC(=O)C(F)(F)F)C(=O)N1C[C@H]2[C@@H]([C@H]1C(=O)NC(C(N)=O)c1cc(=O)n3ccn(COCC[Si](C)(C)C)c3n1)C2(C)C. The molecule has 4 N–H and O–H groups in total. The lowest BCUT2D eigenvalue weighted by Crippen LogP contribution is -2.61. The largest absolute Gasteiger partial charge is 0.471 e. The summed E-state index contributed by atoms with van der Waals surface area (Å²) in [6.45, 7) is 15.6. The van der Waals surface area contributed by atoms with E-state index in [1.165, 1.54) is 31.4 Å². The van der Waals surface area contributed by atoms with Gasteiger partial charge in [-0.3, -0.25) is 32.9 Å². The van der Waals surface area contributed by atoms with Crippen LogP contribution in [-0.4, -0.2) is 82.0 Å². The van der Waals surface area contributed by atoms with Crippen LogP contribution in [0.2, 0.25) is 25.7 Å². The van der Waals surface area contributed by atoms with Crippen LogP contribution in [-0.2, 0) is 30.6 Å². The molecule has 47 heavy (non-hydrogen) atoms. The van der Waals surface area contributed by atoms with Gasteiger partial charge in [0.2, 0.25) is 23.5 Å². The molecule has 1 saturated heterocycles. The number of carbonyl (C=O) groups is 4. The van der Waals surface area contributed by atoms with Crippen molar-refractivity contribution in [3.05, 3.63) is 34.5 Å². The Balaban J connectivity index is 1.61. The van der Waals surface area contributed by atoms with Gasteiger partial charge < -0.3 is 26.0 Å². The summed E-state index contributed by atoms with van der Waals surface area (Å²) in [5.74, 6) is -5.34. The molecular formula is C30H44F3N7O6Si. The minimum Gasteiger partial charge on any atom is -0.368 e. The molecule has 1 aliphatic heterocycles. The Morgan fingerprint density at radius 3 is 2.32 bits per heavy atom. The van der Waals surface area contributed by atoms with Gasteiger partial charge in [0.15, 0.2) is 6.04 Å². The summed E-state index contributed by atoms with van der Waals surface area (Å²) >= 11 is 0. The van der Waals surface area contributed by atoms with Gasteiger partial charge in [0.05, 0.1) is 5.69 Å². The predicted octanol–water partition coefficient (Wildman–Crippen LogP) is 2.03. The van der Waals surface area contributed by atoms with Crippen LogP contribution in [0.4, 0.5) is 13.2 Å². The first-order valence-corrected chi connectivity index (χ1v) is 19.1. The molecule has 2 aromatic rings. The van der Waals surface area contributed by atoms with Crippen LogP contribution in [0.1, 0.15) is 46.4 Å². The number of ether oxygens (including phenoxy) is 1. The van der Waals surface area contributed by atoms with E-state index >= 15 is 0 Å². The first-order chi connectivity index (χ1) is 21.4. The molecule has 2 aliphatic rings. The standard InChI is InChI=1S/C30H44F3N7O6Si/c1-28(2,3)22(37-26(45)30(31,32)33)25(44)40-14-16-19(29(16,4)5)21(40)24(43)36-20(23(34)42)17-13-18(41)39-10-9-38(27(39)35-17)15-46-11-12-47(6,7)8/h9-10,13,16,19-22H,11-12,14-15H2,1-8H3,(H2,34,42)(H,36,43)(H,37,45)/t16-,19-,20?,21-,22+/m0/s1. The van der Waals surface area contributed by atoms with Gasteiger partial charge in [-0.2, -0.15) is 13.2 Å². The highest BCUT2D eigenvalue weighted by molar-refractivity contribution is 6.76. The van der Waals surface area contributed by atoms with E-state index in [0.717, 1.165) is 17.0 Å². The maximum absolute atomic E-state index is 13.9. The number of amides is 4. The van der Waals surface area contributed by atoms with Gasteiger partial charge >= 0.3 is 12.1 Å². The Hall–Kier alpha value is -3.73. The number of likely N-dealkylation sites (tertiary alicyclic amines) is 1. The molecule has 0 bridgehead atoms. The molecule has 3 heterocycles. The van der Waals surface area contributed by atoms with E-state index in [1.54, 1.807) is 16.1 Å². The fourth-order valence-corrected chi connectivity index (χ4v) is 6.96. The summed E-state index contributed by atoms with van der Waals surface area (Å²) in [6.07, 6.45) is -2.13. The van der Waals surface area contributed by atoms with Crippen LogP contribution >= 0.6 is 0 Å². The molecule has 4 rings (SSSR count). The third-order valence-corrected chi connectivity index (χ3v) is 10.8. The second kappa shape index (κ2) is 12.4. The number of hydrogen-bond acceptors (Lipinski definition) is 7. The van der Waals surface area contributed by atoms with Gasteiger partial charge in [0.25, 0.3) is 5.56 Å². The molecule has 1 unspecified atom stereocenters. The minimum absolute atomic E-state index is 0.0566. The lowest BCUT2D eigenvalue weighted by atomic mass is 9.85. The molecule has 2 fully saturated rings. The highest BCUT2D eigenvalue weighted by Gasteiger charge is 2.70. The summed E-state index contributed by atoms with van der Waals surface area (Å²) in [5, 5.41) is 4.35. The Morgan fingerprint density at radius 2 is 1.77 bits per heavy atom. The fraction of sp³-hybridized carbons (Fsp3) is 0.667. The average molecular weight is 684 g/mol. The number of imidazole rings is 1. The van der Waals surface area contributed by atoms with Crippen molar-refractivity contribution in [2.24, 2.45) is 28.4 Å². The van der Waals surface area contributed by atoms with Gasteiger partial charge in [-0.1, -0.05) is 54.3 Å². The molecule has 2 aromatic heterocycles. The summed E-state index contributed by atoms with van der Waals surface area (Å²) in [5.41, 5.74) is 3.48. The Kier molecular flexibility index (Phi) is 9.51. The van der Waals surface area contributed by atoms with Crippen molar-refractivity contribution in [2.45, 2.75) is 91.3 Å². The molecule has 0 spiro atoms. The first-order valence-electron chi connectivity index (χ1n) is 15.4. The maximum Gasteiger partial charge on any atom is 0.471 e. The highest BCUT2D eigenvalue weighted by atomic mass is 28.3. The summed E-state index contributed by atoms with van der Waals surface area (Å²) in [7, 11) is -1.34. The molecular weight excluding hydrogens is 639 g/mol. The van der Waals surface area contributed by atoms with Crippen molar-refractivity contribution in [1.82, 2.24) is 29.5 Å². The monoisotopic (exact) mass is 683 g/mol. The van der Waals surface area contributed by atoms with Gasteiger partial charge in [0, 0.05) is 39.7 Å². The summed E-state index contributed by atoms with van der Waals surface area (Å²) in [4.78, 5) is 70.9. The van der Waals surface area contributed by atoms with Gasteiger partial charge in [-0.25, -0.2) is 4.98 Å². The highest BCUT2D eigenvalue weighted by Crippen LogP contribution is 2.65. The number of rotatable bonds is 11. The van der Waals surface area contributed by atoms with Crippen LogP contribution in [0.5, 0.6) is 0 Å². The lowest BCUT2D eigenvalue weighted by molar-refractivity contribution is -0.176. The third kappa shape index (κ3) is 7.55. The van der Waals surface area contributed by atoms with Crippen molar-refractivity contribution < 1.29 is 37.1 Å². The first kappa shape index (κ1) is 36.1. The van der Waals surface area contributed by atoms with Crippen molar-refractivity contribution in [2.75, 3.05) is 13.2 Å². The molecule has 0 radical (unpaired) electrons. The van der Waals surface area contributed by atoms with Gasteiger partial charge in [-0.15, -0.1) is 0 Å². The molecule has 260 valence electrons. The smallest absolute Gasteiger partial charge is 0.368 e. The minimum atomic E-state index is -5.23. The quantitative estimate of drug-likeness (QED) is 0.240. The molecule has 1 aliphatic carbocycles. The van der Waals surface area contributed by atoms with Crippen LogP contribution in [0.3, 0.4) is 0 Å². The number of primary amides is 1. The van der Waals surface area contributed by atoms with Gasteiger partial charge in [0.1, 0.15) is 18.8 Å². The van der Waals surface area contributed by atoms with Crippen LogP contribution in [0, 0.1) is 22.7 Å². The normalized spacial score (nSPS) is 22.0. The van der Waals surface area contributed by atoms with E-state index in [0.29, 0.717) is 6.61 Å². The molecule has 4 amide bonds. The van der Waals surface area contributed by atoms with Crippen molar-refractivity contribution in [3.63, 3.8) is 0 Å². The van der Waals surface area contributed by atoms with Gasteiger partial charge in [-0.05, 0) is 28.7 Å². The third-order valence-electron chi connectivity index (χ3n) is 9.11. The Labute approximate surface area is 271 Å². The van der Waals surface area contributed by atoms with Crippen LogP contribution in [0.25, 0.3) is 5.78 Å². The second-order valence-electron chi connectivity index (χ2n) is 15.3. The number of nitrogens with two attached hydrogens (primary N) is 1. The average Bonchev–Trinajstić information content (AvgIpc) is 3.28. The van der Waals surface area contributed by atoms with Crippen molar-refractivity contribution in [1.29, 1.82) is 0 Å². The number of nitrogens with one attached hydrogen (secondary N) is 2. The van der Waals surface area contributed by atoms with E-state index in [1.807, 2.05) is 13.8 Å². The zero-order chi connectivity index (χ0) is 35.4. The Bertz CT molecular complexity index is 1620. The van der Waals surface area contributed by atoms with Crippen molar-refractivity contribution >= 4 is 37.5 Å². The van der Waals surface area contributed by atoms with Crippen LogP contribution in [0.15, 0.2) is 23.3 Å². The second-order valence-corrected chi connectivity index (χ2v) is 20.9. The number of aromatic nitrogens is 3. The van der Waals surface area contributed by atoms with E-state index in [4.69, 9.17) is 10.5 Å². The molecule has 5 atom stereocenters. The van der Waals surface area contributed by atoms with Crippen molar-refractivity contribution in [3.8, 4) is 0 Å². The zero-order valence-electron chi connectivity index (χ0n) is 27.9. The molecule has 1 saturated carbocycles. The number of carbonyl (C=O) groups excluding carboxylic acids is 4. The number of halogens is 3. The van der Waals surface area contributed by atoms with E-state index < -0.39 is 67.0 Å². The molecule has 17 heteroatoms.